The third-order valence-corrected chi connectivity index (χ3v) is 4.43. The second kappa shape index (κ2) is 7.16. The van der Waals surface area contributed by atoms with Crippen molar-refractivity contribution in [2.24, 2.45) is 10.8 Å². The van der Waals surface area contributed by atoms with E-state index in [0.717, 1.165) is 23.3 Å². The number of benzene rings is 2. The van der Waals surface area contributed by atoms with Crippen molar-refractivity contribution in [1.82, 2.24) is 9.99 Å². The standard InChI is InChI=1S/C20H19F3N4O2/c1-10-6-11(2)8-14(7-10)27-16-9-13(20(21,22)23)4-5-15(16)17(18(27)28)12(3)25-26-19(24)29/h4-9,28H,1-3H3,(H3,24,26,29)/b25-12-. The molecule has 0 bridgehead atoms. The zero-order valence-corrected chi connectivity index (χ0v) is 15.9. The number of aromatic hydroxyl groups is 1. The van der Waals surface area contributed by atoms with Crippen molar-refractivity contribution in [3.8, 4) is 11.6 Å². The number of carbonyl (C=O) groups is 1. The summed E-state index contributed by atoms with van der Waals surface area (Å²) in [6.07, 6.45) is -4.54. The molecule has 29 heavy (non-hydrogen) atoms. The topological polar surface area (TPSA) is 92.6 Å². The van der Waals surface area contributed by atoms with Crippen LogP contribution >= 0.6 is 0 Å². The number of nitrogens with zero attached hydrogens (tertiary/aromatic N) is 2. The van der Waals surface area contributed by atoms with Crippen LogP contribution in [0.15, 0.2) is 41.5 Å². The maximum absolute atomic E-state index is 13.3. The van der Waals surface area contributed by atoms with Gasteiger partial charge in [0.15, 0.2) is 0 Å². The van der Waals surface area contributed by atoms with Gasteiger partial charge in [0, 0.05) is 11.1 Å². The number of alkyl halides is 3. The van der Waals surface area contributed by atoms with Crippen LogP contribution in [0.5, 0.6) is 5.88 Å². The Balaban J connectivity index is 2.37. The number of aryl methyl sites for hydroxylation is 2. The van der Waals surface area contributed by atoms with Gasteiger partial charge in [-0.05, 0) is 56.2 Å². The predicted molar refractivity (Wildman–Crippen MR) is 104 cm³/mol. The smallest absolute Gasteiger partial charge is 0.416 e. The molecular weight excluding hydrogens is 385 g/mol. The van der Waals surface area contributed by atoms with Gasteiger partial charge in [-0.25, -0.2) is 10.2 Å². The highest BCUT2D eigenvalue weighted by Crippen LogP contribution is 2.39. The van der Waals surface area contributed by atoms with Crippen molar-refractivity contribution in [3.05, 3.63) is 58.7 Å². The van der Waals surface area contributed by atoms with E-state index < -0.39 is 17.8 Å². The monoisotopic (exact) mass is 404 g/mol. The lowest BCUT2D eigenvalue weighted by molar-refractivity contribution is -0.137. The molecule has 0 aliphatic carbocycles. The van der Waals surface area contributed by atoms with Gasteiger partial charge in [0.2, 0.25) is 5.88 Å². The Morgan fingerprint density at radius 3 is 2.31 bits per heavy atom. The average molecular weight is 404 g/mol. The maximum atomic E-state index is 13.3. The van der Waals surface area contributed by atoms with Gasteiger partial charge in [-0.15, -0.1) is 0 Å². The normalized spacial score (nSPS) is 12.4. The van der Waals surface area contributed by atoms with Crippen LogP contribution in [-0.4, -0.2) is 21.4 Å². The van der Waals surface area contributed by atoms with E-state index in [1.807, 2.05) is 19.9 Å². The number of hydrogen-bond donors (Lipinski definition) is 3. The van der Waals surface area contributed by atoms with Crippen LogP contribution in [0, 0.1) is 13.8 Å². The molecule has 0 unspecified atom stereocenters. The summed E-state index contributed by atoms with van der Waals surface area (Å²) in [5, 5.41) is 15.1. The minimum atomic E-state index is -4.54. The molecule has 2 aromatic carbocycles. The van der Waals surface area contributed by atoms with E-state index in [0.29, 0.717) is 11.1 Å². The first kappa shape index (κ1) is 20.2. The lowest BCUT2D eigenvalue weighted by atomic mass is 10.1. The number of halogens is 3. The highest BCUT2D eigenvalue weighted by atomic mass is 19.4. The highest BCUT2D eigenvalue weighted by molar-refractivity contribution is 6.13. The Morgan fingerprint density at radius 1 is 1.14 bits per heavy atom. The number of aromatic nitrogens is 1. The van der Waals surface area contributed by atoms with Gasteiger partial charge in [-0.3, -0.25) is 4.57 Å². The van der Waals surface area contributed by atoms with E-state index in [2.05, 4.69) is 10.5 Å². The first-order chi connectivity index (χ1) is 13.5. The molecule has 0 saturated heterocycles. The number of urea groups is 1. The fraction of sp³-hybridized carbons (Fsp3) is 0.200. The Kier molecular flexibility index (Phi) is 5.00. The first-order valence-electron chi connectivity index (χ1n) is 8.62. The second-order valence-electron chi connectivity index (χ2n) is 6.78. The van der Waals surface area contributed by atoms with Crippen LogP contribution in [-0.2, 0) is 6.18 Å². The molecule has 0 aliphatic heterocycles. The molecule has 0 spiro atoms. The summed E-state index contributed by atoms with van der Waals surface area (Å²) in [4.78, 5) is 11.0. The molecule has 1 aromatic heterocycles. The van der Waals surface area contributed by atoms with Crippen molar-refractivity contribution >= 4 is 22.6 Å². The van der Waals surface area contributed by atoms with E-state index in [1.54, 1.807) is 12.1 Å². The summed E-state index contributed by atoms with van der Waals surface area (Å²) in [6, 6.07) is 7.71. The van der Waals surface area contributed by atoms with Gasteiger partial charge < -0.3 is 10.8 Å². The van der Waals surface area contributed by atoms with E-state index in [-0.39, 0.29) is 22.7 Å². The quantitative estimate of drug-likeness (QED) is 0.447. The predicted octanol–water partition coefficient (Wildman–Crippen LogP) is 4.36. The summed E-state index contributed by atoms with van der Waals surface area (Å²) in [6.45, 7) is 5.21. The second-order valence-corrected chi connectivity index (χ2v) is 6.78. The number of hydrazone groups is 1. The Labute approximate surface area is 164 Å². The largest absolute Gasteiger partial charge is 0.494 e. The van der Waals surface area contributed by atoms with Crippen molar-refractivity contribution in [1.29, 1.82) is 0 Å². The van der Waals surface area contributed by atoms with Crippen molar-refractivity contribution in [3.63, 3.8) is 0 Å². The lowest BCUT2D eigenvalue weighted by Crippen LogP contribution is -2.25. The molecule has 0 radical (unpaired) electrons. The molecule has 3 rings (SSSR count). The molecule has 3 aromatic rings. The summed E-state index contributed by atoms with van der Waals surface area (Å²) >= 11 is 0. The summed E-state index contributed by atoms with van der Waals surface area (Å²) in [5.74, 6) is -0.295. The van der Waals surface area contributed by atoms with Crippen LogP contribution in [0.2, 0.25) is 0 Å². The van der Waals surface area contributed by atoms with Crippen LogP contribution in [0.1, 0.15) is 29.2 Å². The van der Waals surface area contributed by atoms with Gasteiger partial charge in [-0.1, -0.05) is 12.1 Å². The number of rotatable bonds is 3. The number of primary amides is 1. The number of nitrogens with two attached hydrogens (primary N) is 1. The molecule has 0 saturated carbocycles. The summed E-state index contributed by atoms with van der Waals surface area (Å²) < 4.78 is 41.2. The van der Waals surface area contributed by atoms with Crippen LogP contribution in [0.4, 0.5) is 18.0 Å². The molecule has 0 fully saturated rings. The number of carbonyl (C=O) groups excluding carboxylic acids is 1. The number of amides is 2. The van der Waals surface area contributed by atoms with Gasteiger partial charge in [0.25, 0.3) is 0 Å². The van der Waals surface area contributed by atoms with Crippen molar-refractivity contribution in [2.45, 2.75) is 26.9 Å². The zero-order valence-electron chi connectivity index (χ0n) is 15.9. The van der Waals surface area contributed by atoms with Crippen LogP contribution < -0.4 is 11.2 Å². The van der Waals surface area contributed by atoms with Gasteiger partial charge in [0.05, 0.1) is 22.4 Å². The molecule has 6 nitrogen and oxygen atoms in total. The number of fused-ring (bicyclic) bond motifs is 1. The number of nitrogens with one attached hydrogen (secondary N) is 1. The summed E-state index contributed by atoms with van der Waals surface area (Å²) in [7, 11) is 0. The molecule has 0 aliphatic rings. The van der Waals surface area contributed by atoms with Crippen molar-refractivity contribution < 1.29 is 23.1 Å². The Hall–Kier alpha value is -3.49. The lowest BCUT2D eigenvalue weighted by Gasteiger charge is -2.11. The van der Waals surface area contributed by atoms with Crippen LogP contribution in [0.3, 0.4) is 0 Å². The minimum Gasteiger partial charge on any atom is -0.494 e. The fourth-order valence-electron chi connectivity index (χ4n) is 3.34. The van der Waals surface area contributed by atoms with E-state index in [9.17, 15) is 23.1 Å². The van der Waals surface area contributed by atoms with E-state index in [1.165, 1.54) is 17.6 Å². The Bertz CT molecular complexity index is 1130. The summed E-state index contributed by atoms with van der Waals surface area (Å²) in [5.41, 5.74) is 9.06. The molecule has 152 valence electrons. The molecule has 2 amide bonds. The minimum absolute atomic E-state index is 0.158. The van der Waals surface area contributed by atoms with Crippen molar-refractivity contribution in [2.75, 3.05) is 0 Å². The SMILES string of the molecule is C/C(=N/NC(N)=O)c1c(O)n(-c2cc(C)cc(C)c2)c2cc(C(F)(F)F)ccc12. The highest BCUT2D eigenvalue weighted by Gasteiger charge is 2.32. The molecule has 1 heterocycles. The van der Waals surface area contributed by atoms with Crippen LogP contribution in [0.25, 0.3) is 16.6 Å². The van der Waals surface area contributed by atoms with Gasteiger partial charge in [-0.2, -0.15) is 18.3 Å². The third kappa shape index (κ3) is 3.89. The molecule has 9 heteroatoms. The Morgan fingerprint density at radius 2 is 1.76 bits per heavy atom. The average Bonchev–Trinajstić information content (AvgIpc) is 2.89. The fourth-order valence-corrected chi connectivity index (χ4v) is 3.34. The van der Waals surface area contributed by atoms with Gasteiger partial charge >= 0.3 is 12.2 Å². The third-order valence-electron chi connectivity index (χ3n) is 4.43. The molecule has 0 atom stereocenters. The van der Waals surface area contributed by atoms with E-state index >= 15 is 0 Å². The first-order valence-corrected chi connectivity index (χ1v) is 8.62. The zero-order chi connectivity index (χ0) is 21.5. The number of hydrogen-bond acceptors (Lipinski definition) is 3. The molecule has 4 N–H and O–H groups in total. The van der Waals surface area contributed by atoms with Gasteiger partial charge in [0.1, 0.15) is 0 Å². The maximum Gasteiger partial charge on any atom is 0.416 e. The molecular formula is C20H19F3N4O2. The van der Waals surface area contributed by atoms with E-state index in [4.69, 9.17) is 5.73 Å².